The number of anilines is 1. The number of aromatic nitrogens is 1. The van der Waals surface area contributed by atoms with E-state index >= 15 is 0 Å². The standard InChI is InChI=1S/C17H14Cl3N3O3S4/c18-12-4-5-14(28-12)30(25,26)23-6-2-1-3-11(23)16(24)22-17-21-10(8-27-17)9-7-13(19)29-15(9)20/h4-5,7-8,11H,1-3,6H2,(H,21,22,24). The number of carbonyl (C=O) groups is 1. The van der Waals surface area contributed by atoms with Crippen LogP contribution in [-0.2, 0) is 14.8 Å². The Balaban J connectivity index is 1.54. The van der Waals surface area contributed by atoms with E-state index in [1.54, 1.807) is 11.4 Å². The van der Waals surface area contributed by atoms with Crippen LogP contribution in [-0.4, -0.2) is 36.2 Å². The quantitative estimate of drug-likeness (QED) is 0.424. The van der Waals surface area contributed by atoms with Gasteiger partial charge in [-0.1, -0.05) is 41.2 Å². The Hall–Kier alpha value is -0.720. The Morgan fingerprint density at radius 2 is 1.97 bits per heavy atom. The van der Waals surface area contributed by atoms with Crippen LogP contribution in [0.2, 0.25) is 13.0 Å². The zero-order valence-corrected chi connectivity index (χ0v) is 20.6. The van der Waals surface area contributed by atoms with Gasteiger partial charge in [0.1, 0.15) is 14.6 Å². The van der Waals surface area contributed by atoms with Gasteiger partial charge in [0.05, 0.1) is 14.4 Å². The maximum Gasteiger partial charge on any atom is 0.253 e. The summed E-state index contributed by atoms with van der Waals surface area (Å²) in [4.78, 5) is 17.4. The molecule has 13 heteroatoms. The summed E-state index contributed by atoms with van der Waals surface area (Å²) in [6.45, 7) is 0.280. The summed E-state index contributed by atoms with van der Waals surface area (Å²) in [7, 11) is -3.81. The number of piperidine rings is 1. The molecule has 1 N–H and O–H groups in total. The molecule has 0 radical (unpaired) electrons. The average molecular weight is 543 g/mol. The summed E-state index contributed by atoms with van der Waals surface area (Å²) in [5.41, 5.74) is 1.30. The molecular weight excluding hydrogens is 529 g/mol. The molecular formula is C17H14Cl3N3O3S4. The molecule has 1 atom stereocenters. The summed E-state index contributed by atoms with van der Waals surface area (Å²) in [5.74, 6) is -0.406. The second kappa shape index (κ2) is 9.03. The van der Waals surface area contributed by atoms with Crippen molar-refractivity contribution in [1.82, 2.24) is 9.29 Å². The fourth-order valence-corrected chi connectivity index (χ4v) is 8.63. The average Bonchev–Trinajstić information content (AvgIpc) is 3.42. The van der Waals surface area contributed by atoms with Crippen LogP contribution in [0, 0.1) is 0 Å². The summed E-state index contributed by atoms with van der Waals surface area (Å²) < 4.78 is 29.0. The molecule has 0 bridgehead atoms. The maximum atomic E-state index is 13.1. The molecule has 4 heterocycles. The highest BCUT2D eigenvalue weighted by molar-refractivity contribution is 7.91. The molecule has 0 spiro atoms. The number of sulfonamides is 1. The molecule has 1 fully saturated rings. The molecule has 0 aliphatic carbocycles. The van der Waals surface area contributed by atoms with E-state index in [4.69, 9.17) is 34.8 Å². The lowest BCUT2D eigenvalue weighted by Crippen LogP contribution is -2.49. The van der Waals surface area contributed by atoms with Crippen molar-refractivity contribution < 1.29 is 13.2 Å². The lowest BCUT2D eigenvalue weighted by molar-refractivity contribution is -0.120. The van der Waals surface area contributed by atoms with E-state index < -0.39 is 22.0 Å². The van der Waals surface area contributed by atoms with E-state index in [2.05, 4.69) is 10.3 Å². The SMILES string of the molecule is O=C(Nc1nc(-c2cc(Cl)sc2Cl)cs1)C1CCCCN1S(=O)(=O)c1ccc(Cl)s1. The fourth-order valence-electron chi connectivity index (χ4n) is 3.17. The van der Waals surface area contributed by atoms with Crippen LogP contribution in [0.3, 0.4) is 0 Å². The van der Waals surface area contributed by atoms with E-state index in [0.717, 1.165) is 17.8 Å². The second-order valence-electron chi connectivity index (χ2n) is 6.45. The lowest BCUT2D eigenvalue weighted by atomic mass is 10.0. The van der Waals surface area contributed by atoms with Gasteiger partial charge in [0, 0.05) is 17.5 Å². The largest absolute Gasteiger partial charge is 0.301 e. The smallest absolute Gasteiger partial charge is 0.253 e. The first-order valence-corrected chi connectivity index (χ1v) is 13.8. The first-order valence-electron chi connectivity index (χ1n) is 8.74. The number of thiazole rings is 1. The predicted octanol–water partition coefficient (Wildman–Crippen LogP) is 6.08. The van der Waals surface area contributed by atoms with Crippen LogP contribution in [0.25, 0.3) is 11.3 Å². The van der Waals surface area contributed by atoms with Gasteiger partial charge in [-0.3, -0.25) is 4.79 Å². The van der Waals surface area contributed by atoms with Gasteiger partial charge in [0.2, 0.25) is 5.91 Å². The monoisotopic (exact) mass is 541 g/mol. The number of rotatable bonds is 5. The van der Waals surface area contributed by atoms with Gasteiger partial charge in [-0.05, 0) is 31.0 Å². The number of halogens is 3. The summed E-state index contributed by atoms with van der Waals surface area (Å²) in [6.07, 6.45) is 1.90. The van der Waals surface area contributed by atoms with Crippen molar-refractivity contribution in [2.24, 2.45) is 0 Å². The maximum absolute atomic E-state index is 13.1. The highest BCUT2D eigenvalue weighted by Crippen LogP contribution is 2.39. The Morgan fingerprint density at radius 1 is 1.17 bits per heavy atom. The Kier molecular flexibility index (Phi) is 6.76. The van der Waals surface area contributed by atoms with Crippen LogP contribution in [0.5, 0.6) is 0 Å². The highest BCUT2D eigenvalue weighted by atomic mass is 35.5. The van der Waals surface area contributed by atoms with Crippen molar-refractivity contribution in [3.05, 3.63) is 36.6 Å². The molecule has 3 aromatic rings. The normalized spacial score (nSPS) is 17.9. The number of nitrogens with one attached hydrogen (secondary N) is 1. The molecule has 0 saturated carbocycles. The van der Waals surface area contributed by atoms with E-state index in [1.807, 2.05) is 0 Å². The molecule has 30 heavy (non-hydrogen) atoms. The van der Waals surface area contributed by atoms with Gasteiger partial charge in [0.15, 0.2) is 5.13 Å². The van der Waals surface area contributed by atoms with E-state index in [-0.39, 0.29) is 10.8 Å². The molecule has 6 nitrogen and oxygen atoms in total. The van der Waals surface area contributed by atoms with Crippen molar-refractivity contribution >= 4 is 89.9 Å². The number of carbonyl (C=O) groups excluding carboxylic acids is 1. The molecule has 1 amide bonds. The molecule has 4 rings (SSSR count). The Morgan fingerprint density at radius 3 is 2.63 bits per heavy atom. The van der Waals surface area contributed by atoms with Crippen LogP contribution < -0.4 is 5.32 Å². The molecule has 1 unspecified atom stereocenters. The van der Waals surface area contributed by atoms with E-state index in [0.29, 0.717) is 42.2 Å². The van der Waals surface area contributed by atoms with Crippen molar-refractivity contribution in [3.63, 3.8) is 0 Å². The molecule has 0 aromatic carbocycles. The van der Waals surface area contributed by atoms with E-state index in [1.165, 1.54) is 39.1 Å². The van der Waals surface area contributed by atoms with Gasteiger partial charge < -0.3 is 5.32 Å². The van der Waals surface area contributed by atoms with Crippen molar-refractivity contribution in [2.75, 3.05) is 11.9 Å². The fraction of sp³-hybridized carbons (Fsp3) is 0.294. The van der Waals surface area contributed by atoms with Crippen molar-refractivity contribution in [2.45, 2.75) is 29.5 Å². The predicted molar refractivity (Wildman–Crippen MR) is 125 cm³/mol. The number of hydrogen-bond acceptors (Lipinski definition) is 7. The first-order chi connectivity index (χ1) is 14.3. The van der Waals surface area contributed by atoms with Gasteiger partial charge in [0.25, 0.3) is 10.0 Å². The Bertz CT molecular complexity index is 1190. The zero-order valence-electron chi connectivity index (χ0n) is 15.1. The van der Waals surface area contributed by atoms with Crippen molar-refractivity contribution in [1.29, 1.82) is 0 Å². The summed E-state index contributed by atoms with van der Waals surface area (Å²) in [6, 6.07) is 3.92. The van der Waals surface area contributed by atoms with Gasteiger partial charge >= 0.3 is 0 Å². The Labute approximate surface area is 200 Å². The number of hydrogen-bond donors (Lipinski definition) is 1. The minimum atomic E-state index is -3.81. The highest BCUT2D eigenvalue weighted by Gasteiger charge is 2.38. The third kappa shape index (κ3) is 4.56. The third-order valence-corrected chi connectivity index (χ3v) is 10.4. The zero-order chi connectivity index (χ0) is 21.5. The number of thiophene rings is 2. The molecule has 160 valence electrons. The van der Waals surface area contributed by atoms with E-state index in [9.17, 15) is 13.2 Å². The van der Waals surface area contributed by atoms with Crippen LogP contribution >= 0.6 is 68.8 Å². The number of nitrogens with zero attached hydrogens (tertiary/aromatic N) is 2. The topological polar surface area (TPSA) is 79.4 Å². The van der Waals surface area contributed by atoms with Crippen LogP contribution in [0.4, 0.5) is 5.13 Å². The van der Waals surface area contributed by atoms with Gasteiger partial charge in [-0.15, -0.1) is 34.0 Å². The van der Waals surface area contributed by atoms with Crippen molar-refractivity contribution in [3.8, 4) is 11.3 Å². The summed E-state index contributed by atoms with van der Waals surface area (Å²) in [5, 5.41) is 4.89. The molecule has 1 aliphatic rings. The van der Waals surface area contributed by atoms with Crippen LogP contribution in [0.15, 0.2) is 27.8 Å². The minimum Gasteiger partial charge on any atom is -0.301 e. The molecule has 1 aliphatic heterocycles. The first kappa shape index (κ1) is 22.5. The van der Waals surface area contributed by atoms with Gasteiger partial charge in [-0.25, -0.2) is 13.4 Å². The molecule has 3 aromatic heterocycles. The third-order valence-electron chi connectivity index (χ3n) is 4.53. The lowest BCUT2D eigenvalue weighted by Gasteiger charge is -2.32. The second-order valence-corrected chi connectivity index (χ2v) is 13.4. The molecule has 1 saturated heterocycles. The summed E-state index contributed by atoms with van der Waals surface area (Å²) >= 11 is 21.5. The van der Waals surface area contributed by atoms with Crippen LogP contribution in [0.1, 0.15) is 19.3 Å². The number of amides is 1. The van der Waals surface area contributed by atoms with Gasteiger partial charge in [-0.2, -0.15) is 4.31 Å². The minimum absolute atomic E-state index is 0.132.